The summed E-state index contributed by atoms with van der Waals surface area (Å²) in [5, 5.41) is 0.927. The Bertz CT molecular complexity index is 1160. The van der Waals surface area contributed by atoms with Gasteiger partial charge in [-0.15, -0.1) is 12.4 Å². The van der Waals surface area contributed by atoms with E-state index in [1.807, 2.05) is 6.20 Å². The topological polar surface area (TPSA) is 71.4 Å². The molecule has 1 unspecified atom stereocenters. The van der Waals surface area contributed by atoms with Crippen LogP contribution in [0.3, 0.4) is 0 Å². The predicted octanol–water partition coefficient (Wildman–Crippen LogP) is 4.76. The molecule has 1 aliphatic heterocycles. The van der Waals surface area contributed by atoms with Gasteiger partial charge < -0.3 is 15.5 Å². The number of benzene rings is 2. The summed E-state index contributed by atoms with van der Waals surface area (Å²) in [5.41, 5.74) is 8.17. The molecule has 3 aromatic rings. The number of amides is 1. The SMILES string of the molecule is Cl.NC(=O)c1ccc(F)c2c1OCC(N(CCCc1c[nH]c3ccc(F)cc13)C1CCC1)C2. The number of nitrogens with two attached hydrogens (primary N) is 1. The number of hydrogen-bond donors (Lipinski definition) is 2. The molecule has 1 fully saturated rings. The minimum absolute atomic E-state index is 0. The highest BCUT2D eigenvalue weighted by atomic mass is 35.5. The molecular formula is C25H28ClF2N3O2. The van der Waals surface area contributed by atoms with Crippen molar-refractivity contribution < 1.29 is 18.3 Å². The molecule has 5 rings (SSSR count). The second-order valence-electron chi connectivity index (χ2n) is 8.87. The Morgan fingerprint density at radius 1 is 1.18 bits per heavy atom. The zero-order chi connectivity index (χ0) is 22.2. The molecule has 5 nitrogen and oxygen atoms in total. The van der Waals surface area contributed by atoms with E-state index in [0.717, 1.165) is 48.7 Å². The van der Waals surface area contributed by atoms with Gasteiger partial charge in [0.2, 0.25) is 0 Å². The van der Waals surface area contributed by atoms with E-state index in [-0.39, 0.29) is 35.6 Å². The third-order valence-electron chi connectivity index (χ3n) is 6.93. The number of nitrogens with one attached hydrogen (secondary N) is 1. The maximum absolute atomic E-state index is 14.6. The third kappa shape index (κ3) is 4.57. The van der Waals surface area contributed by atoms with Crippen molar-refractivity contribution >= 4 is 29.2 Å². The molecule has 2 aromatic carbocycles. The maximum atomic E-state index is 14.6. The summed E-state index contributed by atoms with van der Waals surface area (Å²) in [6.45, 7) is 1.26. The van der Waals surface area contributed by atoms with Gasteiger partial charge in [-0.3, -0.25) is 9.69 Å². The van der Waals surface area contributed by atoms with Crippen molar-refractivity contribution in [1.82, 2.24) is 9.88 Å². The number of primary amides is 1. The lowest BCUT2D eigenvalue weighted by molar-refractivity contribution is 0.0425. The summed E-state index contributed by atoms with van der Waals surface area (Å²) in [7, 11) is 0. The number of ether oxygens (including phenoxy) is 1. The van der Waals surface area contributed by atoms with Gasteiger partial charge in [-0.2, -0.15) is 0 Å². The monoisotopic (exact) mass is 475 g/mol. The van der Waals surface area contributed by atoms with Gasteiger partial charge in [0.1, 0.15) is 24.0 Å². The number of aromatic nitrogens is 1. The van der Waals surface area contributed by atoms with Crippen LogP contribution in [0.1, 0.15) is 47.2 Å². The normalized spacial score (nSPS) is 17.8. The number of fused-ring (bicyclic) bond motifs is 2. The van der Waals surface area contributed by atoms with E-state index in [9.17, 15) is 13.6 Å². The first kappa shape index (κ1) is 23.5. The first-order chi connectivity index (χ1) is 15.5. The molecule has 3 N–H and O–H groups in total. The van der Waals surface area contributed by atoms with Crippen LogP contribution in [-0.4, -0.2) is 41.0 Å². The Balaban J connectivity index is 0.00000259. The van der Waals surface area contributed by atoms with Crippen LogP contribution in [0.5, 0.6) is 5.75 Å². The van der Waals surface area contributed by atoms with Crippen molar-refractivity contribution in [2.45, 2.75) is 50.6 Å². The van der Waals surface area contributed by atoms with E-state index in [4.69, 9.17) is 10.5 Å². The summed E-state index contributed by atoms with van der Waals surface area (Å²) in [5.74, 6) is -0.900. The van der Waals surface area contributed by atoms with Gasteiger partial charge in [0.05, 0.1) is 5.56 Å². The van der Waals surface area contributed by atoms with Gasteiger partial charge in [0.25, 0.3) is 5.91 Å². The second kappa shape index (κ2) is 9.69. The number of carbonyl (C=O) groups excluding carboxylic acids is 1. The molecule has 1 amide bonds. The standard InChI is InChI=1S/C25H27F2N3O2.ClH/c26-16-6-9-23-20(11-16)15(13-29-23)3-2-10-30(17-4-1-5-17)18-12-21-22(27)8-7-19(25(28)31)24(21)32-14-18;/h6-9,11,13,17-18,29H,1-5,10,12,14H2,(H2,28,31);1H. The summed E-state index contributed by atoms with van der Waals surface area (Å²) in [6, 6.07) is 8.01. The van der Waals surface area contributed by atoms with Crippen LogP contribution in [0.25, 0.3) is 10.9 Å². The highest BCUT2D eigenvalue weighted by Gasteiger charge is 2.35. The number of aryl methyl sites for hydroxylation is 1. The number of rotatable bonds is 7. The smallest absolute Gasteiger partial charge is 0.252 e. The van der Waals surface area contributed by atoms with Gasteiger partial charge in [0, 0.05) is 34.7 Å². The van der Waals surface area contributed by atoms with Crippen LogP contribution in [0, 0.1) is 11.6 Å². The van der Waals surface area contributed by atoms with Crippen molar-refractivity contribution in [3.8, 4) is 5.75 Å². The van der Waals surface area contributed by atoms with E-state index in [1.54, 1.807) is 12.1 Å². The average molecular weight is 476 g/mol. The molecule has 1 aliphatic carbocycles. The summed E-state index contributed by atoms with van der Waals surface area (Å²) >= 11 is 0. The fourth-order valence-corrected chi connectivity index (χ4v) is 5.03. The molecular weight excluding hydrogens is 448 g/mol. The van der Waals surface area contributed by atoms with Crippen molar-refractivity contribution in [3.63, 3.8) is 0 Å². The second-order valence-corrected chi connectivity index (χ2v) is 8.87. The summed E-state index contributed by atoms with van der Waals surface area (Å²) in [4.78, 5) is 17.4. The fourth-order valence-electron chi connectivity index (χ4n) is 5.03. The lowest BCUT2D eigenvalue weighted by atomic mass is 9.88. The fraction of sp³-hybridized carbons (Fsp3) is 0.400. The maximum Gasteiger partial charge on any atom is 0.252 e. The first-order valence-electron chi connectivity index (χ1n) is 11.3. The highest BCUT2D eigenvalue weighted by molar-refractivity contribution is 5.96. The Morgan fingerprint density at radius 2 is 2.00 bits per heavy atom. The third-order valence-corrected chi connectivity index (χ3v) is 6.93. The van der Waals surface area contributed by atoms with Crippen molar-refractivity contribution in [1.29, 1.82) is 0 Å². The highest BCUT2D eigenvalue weighted by Crippen LogP contribution is 2.35. The molecule has 1 saturated carbocycles. The minimum atomic E-state index is -0.606. The van der Waals surface area contributed by atoms with Crippen LogP contribution >= 0.6 is 12.4 Å². The number of hydrogen-bond acceptors (Lipinski definition) is 3. The van der Waals surface area contributed by atoms with E-state index >= 15 is 0 Å². The molecule has 0 spiro atoms. The summed E-state index contributed by atoms with van der Waals surface area (Å²) < 4.78 is 34.2. The average Bonchev–Trinajstić information content (AvgIpc) is 3.13. The van der Waals surface area contributed by atoms with E-state index in [0.29, 0.717) is 30.4 Å². The Kier molecular flexibility index (Phi) is 6.91. The van der Waals surface area contributed by atoms with Crippen LogP contribution in [-0.2, 0) is 12.8 Å². The lowest BCUT2D eigenvalue weighted by Gasteiger charge is -2.44. The summed E-state index contributed by atoms with van der Waals surface area (Å²) in [6.07, 6.45) is 7.66. The minimum Gasteiger partial charge on any atom is -0.491 e. The van der Waals surface area contributed by atoms with Gasteiger partial charge in [-0.1, -0.05) is 6.42 Å². The number of H-pyrrole nitrogens is 1. The first-order valence-corrected chi connectivity index (χ1v) is 11.3. The molecule has 0 saturated heterocycles. The van der Waals surface area contributed by atoms with Crippen LogP contribution in [0.2, 0.25) is 0 Å². The molecule has 0 bridgehead atoms. The molecule has 33 heavy (non-hydrogen) atoms. The quantitative estimate of drug-likeness (QED) is 0.517. The van der Waals surface area contributed by atoms with Crippen molar-refractivity contribution in [2.75, 3.05) is 13.2 Å². The van der Waals surface area contributed by atoms with Crippen LogP contribution < -0.4 is 10.5 Å². The Hall–Kier alpha value is -2.64. The molecule has 1 atom stereocenters. The van der Waals surface area contributed by atoms with Gasteiger partial charge in [-0.25, -0.2) is 8.78 Å². The Labute approximate surface area is 197 Å². The zero-order valence-corrected chi connectivity index (χ0v) is 19.1. The number of carbonyl (C=O) groups is 1. The molecule has 2 heterocycles. The molecule has 0 radical (unpaired) electrons. The van der Waals surface area contributed by atoms with Gasteiger partial charge in [0.15, 0.2) is 0 Å². The zero-order valence-electron chi connectivity index (χ0n) is 18.3. The van der Waals surface area contributed by atoms with Crippen LogP contribution in [0.15, 0.2) is 36.5 Å². The van der Waals surface area contributed by atoms with Gasteiger partial charge >= 0.3 is 0 Å². The molecule has 176 valence electrons. The lowest BCUT2D eigenvalue weighted by Crippen LogP contribution is -2.51. The number of nitrogens with zero attached hydrogens (tertiary/aromatic N) is 1. The van der Waals surface area contributed by atoms with Crippen LogP contribution in [0.4, 0.5) is 8.78 Å². The van der Waals surface area contributed by atoms with E-state index in [1.165, 1.54) is 24.6 Å². The molecule has 1 aromatic heterocycles. The molecule has 2 aliphatic rings. The number of halogens is 3. The van der Waals surface area contributed by atoms with E-state index in [2.05, 4.69) is 9.88 Å². The largest absolute Gasteiger partial charge is 0.491 e. The van der Waals surface area contributed by atoms with Gasteiger partial charge in [-0.05, 0) is 74.5 Å². The number of aromatic amines is 1. The van der Waals surface area contributed by atoms with Crippen molar-refractivity contribution in [2.24, 2.45) is 5.73 Å². The predicted molar refractivity (Wildman–Crippen MR) is 126 cm³/mol. The van der Waals surface area contributed by atoms with E-state index < -0.39 is 5.91 Å². The molecule has 8 heteroatoms. The van der Waals surface area contributed by atoms with Crippen molar-refractivity contribution in [3.05, 3.63) is 64.9 Å². The Morgan fingerprint density at radius 3 is 2.73 bits per heavy atom.